The summed E-state index contributed by atoms with van der Waals surface area (Å²) in [4.78, 5) is 0. The molecule has 0 spiro atoms. The van der Waals surface area contributed by atoms with Crippen molar-refractivity contribution >= 4 is 35.4 Å². The van der Waals surface area contributed by atoms with E-state index in [2.05, 4.69) is 40.2 Å². The number of halogens is 7. The van der Waals surface area contributed by atoms with Crippen LogP contribution in [-0.2, 0) is 0 Å². The van der Waals surface area contributed by atoms with Gasteiger partial charge in [0.25, 0.3) is 0 Å². The Morgan fingerprint density at radius 2 is 0.923 bits per heavy atom. The van der Waals surface area contributed by atoms with E-state index in [-0.39, 0.29) is 0 Å². The van der Waals surface area contributed by atoms with Crippen LogP contribution in [0, 0.1) is 0 Å². The molecule has 0 aromatic heterocycles. The van der Waals surface area contributed by atoms with Crippen LogP contribution in [0.2, 0.25) is 0 Å². The fraction of sp³-hybridized carbons (Fsp3) is 0.581. The second-order valence-corrected chi connectivity index (χ2v) is 19.4. The van der Waals surface area contributed by atoms with Crippen LogP contribution in [0.5, 0.6) is 0 Å². The third-order valence-electron chi connectivity index (χ3n) is 10.8. The Kier molecular flexibility index (Phi) is 5.97. The molecule has 212 valence electrons. The monoisotopic (exact) mass is 720 g/mol. The van der Waals surface area contributed by atoms with Crippen molar-refractivity contribution in [2.45, 2.75) is 113 Å². The average Bonchev–Trinajstić information content (AvgIpc) is 3.06. The van der Waals surface area contributed by atoms with E-state index < -0.39 is 19.5 Å². The van der Waals surface area contributed by atoms with Crippen LogP contribution in [0.15, 0.2) is 28.7 Å². The molecule has 2 aromatic rings. The fourth-order valence-corrected chi connectivity index (χ4v) is 9.81. The Bertz CT molecular complexity index is 1260. The van der Waals surface area contributed by atoms with Gasteiger partial charge in [-0.2, -0.15) is 0 Å². The first kappa shape index (κ1) is 27.0. The predicted molar refractivity (Wildman–Crippen MR) is 148 cm³/mol. The molecule has 0 unspecified atom stereocenters. The van der Waals surface area contributed by atoms with E-state index in [0.717, 1.165) is 35.5 Å². The fourth-order valence-electron chi connectivity index (χ4n) is 9.54. The topological polar surface area (TPSA) is 0 Å². The maximum atomic E-state index is 9.93. The number of benzene rings is 1. The van der Waals surface area contributed by atoms with Crippen LogP contribution < -0.4 is 0 Å². The molecule has 0 aliphatic heterocycles. The van der Waals surface area contributed by atoms with E-state index in [9.17, 15) is 16.9 Å². The molecule has 0 N–H and O–H groups in total. The van der Waals surface area contributed by atoms with Gasteiger partial charge < -0.3 is 0 Å². The molecule has 0 saturated heterocycles. The van der Waals surface area contributed by atoms with Gasteiger partial charge in [0.05, 0.1) is 11.1 Å². The summed E-state index contributed by atoms with van der Waals surface area (Å²) in [5.41, 5.74) is 14.8. The average molecular weight is 722 g/mol. The normalized spacial score (nSPS) is 33.2. The molecule has 0 nitrogen and oxygen atoms in total. The van der Waals surface area contributed by atoms with Crippen molar-refractivity contribution in [3.05, 3.63) is 62.1 Å². The van der Waals surface area contributed by atoms with E-state index in [4.69, 9.17) is 0 Å². The molecular formula is C31H34BrF6Sb. The molecule has 3 saturated carbocycles. The van der Waals surface area contributed by atoms with Crippen LogP contribution in [0.1, 0.15) is 146 Å². The summed E-state index contributed by atoms with van der Waals surface area (Å²) in [5.74, 6) is 5.08. The number of hydrogen-bond acceptors (Lipinski definition) is 0. The standard InChI is InChI=1S/C31H34Br.6FH.Sb/c32-24-15-13-23(14-16-24)31-29-21-9-5-19(6-10-21)27(29)25-17-1-2-18(4-3-17)26(25)28-20-7-11-22(12-8-20)30(28)31;;;;;;;/h13-22H,1-12H2;6*1H;/q+1;;;;;;;+5/p-6. The number of rotatable bonds is 1. The van der Waals surface area contributed by atoms with Gasteiger partial charge in [-0.3, -0.25) is 0 Å². The molecule has 8 heteroatoms. The van der Waals surface area contributed by atoms with Crippen LogP contribution in [0.25, 0.3) is 11.1 Å². The summed E-state index contributed by atoms with van der Waals surface area (Å²) < 4.78 is 60.8. The Labute approximate surface area is 237 Å². The summed E-state index contributed by atoms with van der Waals surface area (Å²) in [6.07, 6.45) is 17.5. The van der Waals surface area contributed by atoms with Crippen LogP contribution in [0.4, 0.5) is 16.9 Å². The first-order valence-corrected chi connectivity index (χ1v) is 21.2. The van der Waals surface area contributed by atoms with E-state index in [1.54, 1.807) is 5.56 Å². The minimum absolute atomic E-state index is 0.815. The number of fused-ring (bicyclic) bond motifs is 6. The van der Waals surface area contributed by atoms with E-state index in [0.29, 0.717) is 0 Å². The van der Waals surface area contributed by atoms with Crippen molar-refractivity contribution in [2.75, 3.05) is 0 Å². The summed E-state index contributed by atoms with van der Waals surface area (Å²) in [7, 11) is 0. The third-order valence-corrected chi connectivity index (χ3v) is 11.3. The van der Waals surface area contributed by atoms with E-state index in [1.165, 1.54) is 87.1 Å². The Balaban J connectivity index is 0.000000324. The predicted octanol–water partition coefficient (Wildman–Crippen LogP) is 11.8. The van der Waals surface area contributed by atoms with E-state index in [1.807, 2.05) is 33.4 Å². The van der Waals surface area contributed by atoms with Crippen LogP contribution in [-0.4, -0.2) is 19.5 Å². The van der Waals surface area contributed by atoms with Gasteiger partial charge in [-0.05, 0) is 113 Å². The summed E-state index contributed by atoms with van der Waals surface area (Å²) in [6.45, 7) is 0. The molecule has 39 heavy (non-hydrogen) atoms. The van der Waals surface area contributed by atoms with Crippen molar-refractivity contribution in [2.24, 2.45) is 0 Å². The molecule has 3 fully saturated rings. The zero-order valence-electron chi connectivity index (χ0n) is 21.9. The Hall–Kier alpha value is -0.812. The molecule has 6 bridgehead atoms. The number of hydrogen-bond donors (Lipinski definition) is 0. The summed E-state index contributed by atoms with van der Waals surface area (Å²) in [5, 5.41) is 0. The zero-order chi connectivity index (χ0) is 27.4. The van der Waals surface area contributed by atoms with Crippen molar-refractivity contribution in [3.63, 3.8) is 0 Å². The molecule has 0 radical (unpaired) electrons. The summed E-state index contributed by atoms with van der Waals surface area (Å²) in [6, 6.07) is 9.48. The second-order valence-electron chi connectivity index (χ2n) is 13.0. The van der Waals surface area contributed by atoms with Gasteiger partial charge in [0.2, 0.25) is 0 Å². The quantitative estimate of drug-likeness (QED) is 0.156. The van der Waals surface area contributed by atoms with Crippen molar-refractivity contribution in [1.29, 1.82) is 0 Å². The molecule has 9 aliphatic carbocycles. The van der Waals surface area contributed by atoms with Gasteiger partial charge in [-0.1, -0.05) is 15.9 Å². The molecule has 0 amide bonds. The SMILES string of the molecule is Brc1ccc(-c2c3c(c4c(c5[c+]2C2CCC5CC2)C2CCC4CC2)C2CCC3CC2)cc1.[F][Sb-]([F])([F])([F])([F])[F]. The summed E-state index contributed by atoms with van der Waals surface area (Å²) >= 11 is -7.53. The second kappa shape index (κ2) is 8.61. The van der Waals surface area contributed by atoms with Crippen molar-refractivity contribution in [1.82, 2.24) is 0 Å². The zero-order valence-corrected chi connectivity index (χ0v) is 26.0. The first-order chi connectivity index (χ1) is 18.2. The third kappa shape index (κ3) is 5.08. The minimum atomic E-state index is -11.2. The molecule has 11 rings (SSSR count). The van der Waals surface area contributed by atoms with Gasteiger partial charge in [0.1, 0.15) is 5.56 Å². The molecule has 0 atom stereocenters. The van der Waals surface area contributed by atoms with Crippen LogP contribution in [0.3, 0.4) is 0 Å². The van der Waals surface area contributed by atoms with Gasteiger partial charge in [-0.25, -0.2) is 0 Å². The van der Waals surface area contributed by atoms with Gasteiger partial charge in [0.15, 0.2) is 0 Å². The van der Waals surface area contributed by atoms with Crippen LogP contribution >= 0.6 is 15.9 Å². The van der Waals surface area contributed by atoms with Gasteiger partial charge in [0, 0.05) is 56.0 Å². The molecule has 0 heterocycles. The maximum absolute atomic E-state index is 11.2. The Morgan fingerprint density at radius 3 is 1.41 bits per heavy atom. The van der Waals surface area contributed by atoms with Crippen molar-refractivity contribution < 1.29 is 16.9 Å². The molecule has 9 aliphatic rings. The van der Waals surface area contributed by atoms with E-state index >= 15 is 0 Å². The Morgan fingerprint density at radius 1 is 0.538 bits per heavy atom. The van der Waals surface area contributed by atoms with Gasteiger partial charge in [-0.15, -0.1) is 0 Å². The van der Waals surface area contributed by atoms with Gasteiger partial charge >= 0.3 is 36.4 Å². The molecule has 2 aromatic carbocycles. The molecular weight excluding hydrogens is 688 g/mol. The first-order valence-electron chi connectivity index (χ1n) is 14.7. The van der Waals surface area contributed by atoms with Crippen molar-refractivity contribution in [3.8, 4) is 11.1 Å².